The Morgan fingerprint density at radius 1 is 1.57 bits per heavy atom. The van der Waals surface area contributed by atoms with Gasteiger partial charge in [0.1, 0.15) is 0 Å². The molecule has 0 aromatic carbocycles. The summed E-state index contributed by atoms with van der Waals surface area (Å²) in [5, 5.41) is 16.5. The van der Waals surface area contributed by atoms with Gasteiger partial charge in [0.05, 0.1) is 11.8 Å². The van der Waals surface area contributed by atoms with Crippen LogP contribution in [0.1, 0.15) is 23.4 Å². The molecule has 0 bridgehead atoms. The second-order valence-corrected chi connectivity index (χ2v) is 4.09. The van der Waals surface area contributed by atoms with Crippen LogP contribution in [0.3, 0.4) is 0 Å². The lowest BCUT2D eigenvalue weighted by Crippen LogP contribution is -2.22. The zero-order valence-corrected chi connectivity index (χ0v) is 8.75. The fourth-order valence-corrected chi connectivity index (χ4v) is 1.99. The highest BCUT2D eigenvalue weighted by Crippen LogP contribution is 2.16. The molecule has 1 unspecified atom stereocenters. The molecule has 0 aliphatic carbocycles. The van der Waals surface area contributed by atoms with E-state index in [0.29, 0.717) is 0 Å². The van der Waals surface area contributed by atoms with E-state index in [1.54, 1.807) is 0 Å². The van der Waals surface area contributed by atoms with Crippen molar-refractivity contribution in [3.63, 3.8) is 0 Å². The summed E-state index contributed by atoms with van der Waals surface area (Å²) in [6.07, 6.45) is 0.762. The van der Waals surface area contributed by atoms with Crippen molar-refractivity contribution >= 4 is 0 Å². The van der Waals surface area contributed by atoms with Crippen LogP contribution in [0.5, 0.6) is 0 Å². The number of nitrogens with zero attached hydrogens (tertiary/aromatic N) is 2. The van der Waals surface area contributed by atoms with E-state index < -0.39 is 0 Å². The molecule has 14 heavy (non-hydrogen) atoms. The Balaban J connectivity index is 2.04. The molecule has 2 rings (SSSR count). The van der Waals surface area contributed by atoms with Gasteiger partial charge in [-0.05, 0) is 20.3 Å². The van der Waals surface area contributed by atoms with Crippen LogP contribution < -0.4 is 0 Å². The minimum absolute atomic E-state index is 0.137. The molecule has 4 nitrogen and oxygen atoms in total. The highest BCUT2D eigenvalue weighted by atomic mass is 16.3. The number of nitrogens with one attached hydrogen (secondary N) is 1. The number of hydrogen-bond donors (Lipinski definition) is 2. The monoisotopic (exact) mass is 195 g/mol. The third kappa shape index (κ3) is 1.81. The number of rotatable bonds is 2. The molecule has 0 spiro atoms. The van der Waals surface area contributed by atoms with Crippen LogP contribution in [-0.4, -0.2) is 39.4 Å². The van der Waals surface area contributed by atoms with E-state index in [1.165, 1.54) is 5.56 Å². The van der Waals surface area contributed by atoms with Crippen molar-refractivity contribution in [2.45, 2.75) is 32.9 Å². The summed E-state index contributed by atoms with van der Waals surface area (Å²) in [6.45, 7) is 6.76. The Hall–Kier alpha value is -0.870. The summed E-state index contributed by atoms with van der Waals surface area (Å²) in [6, 6.07) is 0. The molecule has 1 atom stereocenters. The highest BCUT2D eigenvalue weighted by Gasteiger charge is 2.21. The van der Waals surface area contributed by atoms with E-state index in [0.717, 1.165) is 37.4 Å². The third-order valence-electron chi connectivity index (χ3n) is 2.91. The fraction of sp³-hybridized carbons (Fsp3) is 0.700. The highest BCUT2D eigenvalue weighted by molar-refractivity contribution is 5.23. The van der Waals surface area contributed by atoms with Crippen molar-refractivity contribution in [3.05, 3.63) is 17.0 Å². The number of aromatic nitrogens is 2. The largest absolute Gasteiger partial charge is 0.392 e. The van der Waals surface area contributed by atoms with Crippen molar-refractivity contribution in [2.24, 2.45) is 0 Å². The van der Waals surface area contributed by atoms with Gasteiger partial charge in [0.2, 0.25) is 0 Å². The topological polar surface area (TPSA) is 52.2 Å². The summed E-state index contributed by atoms with van der Waals surface area (Å²) < 4.78 is 0. The maximum Gasteiger partial charge on any atom is 0.0679 e. The molecule has 1 aliphatic heterocycles. The molecule has 4 heteroatoms. The van der Waals surface area contributed by atoms with Crippen molar-refractivity contribution < 1.29 is 5.11 Å². The summed E-state index contributed by atoms with van der Waals surface area (Å²) in [7, 11) is 0. The molecule has 1 aromatic heterocycles. The number of hydrogen-bond acceptors (Lipinski definition) is 3. The molecular formula is C10H17N3O. The Morgan fingerprint density at radius 2 is 2.36 bits per heavy atom. The van der Waals surface area contributed by atoms with E-state index >= 15 is 0 Å². The SMILES string of the molecule is Cc1n[nH]c(C)c1CN1CCC(O)C1. The van der Waals surface area contributed by atoms with Gasteiger partial charge in [-0.3, -0.25) is 10.00 Å². The lowest BCUT2D eigenvalue weighted by molar-refractivity contribution is 0.174. The Kier molecular flexibility index (Phi) is 2.56. The van der Waals surface area contributed by atoms with Crippen molar-refractivity contribution in [1.29, 1.82) is 0 Å². The van der Waals surface area contributed by atoms with Gasteiger partial charge in [-0.25, -0.2) is 0 Å². The number of aryl methyl sites for hydroxylation is 2. The average molecular weight is 195 g/mol. The van der Waals surface area contributed by atoms with E-state index in [2.05, 4.69) is 15.1 Å². The van der Waals surface area contributed by atoms with Crippen LogP contribution in [0.4, 0.5) is 0 Å². The number of likely N-dealkylation sites (tertiary alicyclic amines) is 1. The van der Waals surface area contributed by atoms with Crippen LogP contribution >= 0.6 is 0 Å². The van der Waals surface area contributed by atoms with Gasteiger partial charge in [-0.15, -0.1) is 0 Å². The summed E-state index contributed by atoms with van der Waals surface area (Å²) in [5.74, 6) is 0. The van der Waals surface area contributed by atoms with Crippen LogP contribution in [0.25, 0.3) is 0 Å². The van der Waals surface area contributed by atoms with Crippen LogP contribution in [0, 0.1) is 13.8 Å². The van der Waals surface area contributed by atoms with Crippen LogP contribution in [-0.2, 0) is 6.54 Å². The Bertz CT molecular complexity index is 302. The van der Waals surface area contributed by atoms with Crippen molar-refractivity contribution in [2.75, 3.05) is 13.1 Å². The van der Waals surface area contributed by atoms with Gasteiger partial charge in [0.25, 0.3) is 0 Å². The number of aliphatic hydroxyl groups excluding tert-OH is 1. The van der Waals surface area contributed by atoms with Gasteiger partial charge >= 0.3 is 0 Å². The molecule has 0 saturated carbocycles. The summed E-state index contributed by atoms with van der Waals surface area (Å²) in [5.41, 5.74) is 3.49. The van der Waals surface area contributed by atoms with Gasteiger partial charge in [0.15, 0.2) is 0 Å². The van der Waals surface area contributed by atoms with E-state index in [9.17, 15) is 5.11 Å². The standard InChI is InChI=1S/C10H17N3O/c1-7-10(8(2)12-11-7)6-13-4-3-9(14)5-13/h9,14H,3-6H2,1-2H3,(H,11,12). The first kappa shape index (κ1) is 9.68. The molecule has 1 fully saturated rings. The Morgan fingerprint density at radius 3 is 2.86 bits per heavy atom. The van der Waals surface area contributed by atoms with Gasteiger partial charge < -0.3 is 5.11 Å². The maximum absolute atomic E-state index is 9.40. The molecule has 1 aliphatic rings. The third-order valence-corrected chi connectivity index (χ3v) is 2.91. The number of aliphatic hydroxyl groups is 1. The van der Waals surface area contributed by atoms with Crippen LogP contribution in [0.15, 0.2) is 0 Å². The molecule has 1 saturated heterocycles. The lowest BCUT2D eigenvalue weighted by Gasteiger charge is -2.14. The van der Waals surface area contributed by atoms with Crippen LogP contribution in [0.2, 0.25) is 0 Å². The Labute approximate surface area is 83.9 Å². The number of aromatic amines is 1. The molecule has 2 N–H and O–H groups in total. The first-order chi connectivity index (χ1) is 6.66. The lowest BCUT2D eigenvalue weighted by atomic mass is 10.2. The predicted molar refractivity (Wildman–Crippen MR) is 54.0 cm³/mol. The van der Waals surface area contributed by atoms with E-state index in [4.69, 9.17) is 0 Å². The minimum atomic E-state index is -0.137. The van der Waals surface area contributed by atoms with Gasteiger partial charge in [0, 0.05) is 30.9 Å². The number of β-amino-alcohol motifs (C(OH)–C–C–N with tert-alkyl or cyclic N) is 1. The molecule has 0 amide bonds. The second kappa shape index (κ2) is 3.71. The molecular weight excluding hydrogens is 178 g/mol. The van der Waals surface area contributed by atoms with Crippen molar-refractivity contribution in [3.8, 4) is 0 Å². The fourth-order valence-electron chi connectivity index (χ4n) is 1.99. The van der Waals surface area contributed by atoms with Crippen molar-refractivity contribution in [1.82, 2.24) is 15.1 Å². The summed E-state index contributed by atoms with van der Waals surface area (Å²) >= 11 is 0. The zero-order valence-electron chi connectivity index (χ0n) is 8.75. The normalized spacial score (nSPS) is 23.2. The molecule has 78 valence electrons. The first-order valence-corrected chi connectivity index (χ1v) is 5.07. The molecule has 0 radical (unpaired) electrons. The average Bonchev–Trinajstić information content (AvgIpc) is 2.67. The minimum Gasteiger partial charge on any atom is -0.392 e. The van der Waals surface area contributed by atoms with E-state index in [1.807, 2.05) is 13.8 Å². The predicted octanol–water partition coefficient (Wildman–Crippen LogP) is 0.593. The zero-order chi connectivity index (χ0) is 10.1. The number of H-pyrrole nitrogens is 1. The first-order valence-electron chi connectivity index (χ1n) is 5.07. The molecule has 1 aromatic rings. The van der Waals surface area contributed by atoms with E-state index in [-0.39, 0.29) is 6.10 Å². The van der Waals surface area contributed by atoms with Gasteiger partial charge in [-0.1, -0.05) is 0 Å². The quantitative estimate of drug-likeness (QED) is 0.726. The second-order valence-electron chi connectivity index (χ2n) is 4.09. The molecule has 2 heterocycles. The maximum atomic E-state index is 9.40. The smallest absolute Gasteiger partial charge is 0.0679 e. The summed E-state index contributed by atoms with van der Waals surface area (Å²) in [4.78, 5) is 2.27. The van der Waals surface area contributed by atoms with Gasteiger partial charge in [-0.2, -0.15) is 5.10 Å².